The van der Waals surface area contributed by atoms with Crippen LogP contribution in [0, 0.1) is 17.3 Å². The molecule has 0 radical (unpaired) electrons. The lowest BCUT2D eigenvalue weighted by atomic mass is 9.76. The number of aliphatic hydroxyl groups is 1. The van der Waals surface area contributed by atoms with E-state index in [0.717, 1.165) is 32.3 Å². The molecule has 0 aromatic carbocycles. The Kier molecular flexibility index (Phi) is 11.6. The maximum atomic E-state index is 12.7. The van der Waals surface area contributed by atoms with Gasteiger partial charge in [0, 0.05) is 30.6 Å². The highest BCUT2D eigenvalue weighted by molar-refractivity contribution is 5.90. The number of Topliss-reactive ketones (excluding diaryl/α,β-unsaturated/α-hetero) is 1. The highest BCUT2D eigenvalue weighted by atomic mass is 16.5. The van der Waals surface area contributed by atoms with Gasteiger partial charge in [-0.15, -0.1) is 0 Å². The lowest BCUT2D eigenvalue weighted by molar-refractivity contribution is -0.134. The van der Waals surface area contributed by atoms with Crippen molar-refractivity contribution < 1.29 is 24.2 Å². The van der Waals surface area contributed by atoms with Gasteiger partial charge in [0.25, 0.3) is 0 Å². The third kappa shape index (κ3) is 9.17. The van der Waals surface area contributed by atoms with Gasteiger partial charge in [-0.25, -0.2) is 4.79 Å². The van der Waals surface area contributed by atoms with Gasteiger partial charge >= 0.3 is 5.97 Å². The second kappa shape index (κ2) is 12.2. The van der Waals surface area contributed by atoms with E-state index in [4.69, 9.17) is 4.74 Å². The van der Waals surface area contributed by atoms with Crippen molar-refractivity contribution in [3.63, 3.8) is 0 Å². The predicted octanol–water partition coefficient (Wildman–Crippen LogP) is 3.54. The number of aliphatic hydroxyl groups excluding tert-OH is 1. The molecule has 25 heavy (non-hydrogen) atoms. The standard InChI is InChI=1S/C20H36O5/c1-7-8-13-25-14-9-10-15(2)18(22)16(3)19(23)20(4,5)12-11-17(21)24-6/h11-12,15-16,18,22H,7-10,13-14H2,1-6H3/b12-11+/t15-,16+,18-/m0/s1. The largest absolute Gasteiger partial charge is 0.466 e. The van der Waals surface area contributed by atoms with Crippen LogP contribution in [0.25, 0.3) is 0 Å². The highest BCUT2D eigenvalue weighted by Crippen LogP contribution is 2.28. The van der Waals surface area contributed by atoms with Gasteiger partial charge in [0.2, 0.25) is 0 Å². The molecule has 0 saturated heterocycles. The second-order valence-electron chi connectivity index (χ2n) is 7.31. The first-order valence-electron chi connectivity index (χ1n) is 9.24. The normalized spacial score (nSPS) is 15.8. The van der Waals surface area contributed by atoms with E-state index in [1.54, 1.807) is 20.8 Å². The summed E-state index contributed by atoms with van der Waals surface area (Å²) in [5.41, 5.74) is -0.836. The predicted molar refractivity (Wildman–Crippen MR) is 99.2 cm³/mol. The summed E-state index contributed by atoms with van der Waals surface area (Å²) >= 11 is 0. The third-order valence-corrected chi connectivity index (χ3v) is 4.57. The molecule has 0 saturated carbocycles. The summed E-state index contributed by atoms with van der Waals surface area (Å²) in [4.78, 5) is 23.9. The average Bonchev–Trinajstić information content (AvgIpc) is 2.60. The fraction of sp³-hybridized carbons (Fsp3) is 0.800. The van der Waals surface area contributed by atoms with E-state index in [2.05, 4.69) is 11.7 Å². The number of ketones is 1. The Labute approximate surface area is 152 Å². The van der Waals surface area contributed by atoms with Gasteiger partial charge in [-0.2, -0.15) is 0 Å². The van der Waals surface area contributed by atoms with Gasteiger partial charge in [-0.05, 0) is 39.0 Å². The summed E-state index contributed by atoms with van der Waals surface area (Å²) in [5, 5.41) is 10.5. The molecule has 5 nitrogen and oxygen atoms in total. The number of carbonyl (C=O) groups is 2. The summed E-state index contributed by atoms with van der Waals surface area (Å²) < 4.78 is 10.1. The molecule has 0 heterocycles. The summed E-state index contributed by atoms with van der Waals surface area (Å²) in [5.74, 6) is -1.08. The number of allylic oxidation sites excluding steroid dienone is 1. The first kappa shape index (κ1) is 23.8. The Morgan fingerprint density at radius 2 is 1.76 bits per heavy atom. The Hall–Kier alpha value is -1.20. The minimum absolute atomic E-state index is 0.00844. The zero-order valence-corrected chi connectivity index (χ0v) is 16.7. The molecule has 0 aliphatic heterocycles. The molecule has 146 valence electrons. The number of unbranched alkanes of at least 4 members (excludes halogenated alkanes) is 1. The molecule has 0 rings (SSSR count). The molecule has 0 aliphatic carbocycles. The van der Waals surface area contributed by atoms with Crippen LogP contribution in [0.3, 0.4) is 0 Å². The molecular formula is C20H36O5. The minimum Gasteiger partial charge on any atom is -0.466 e. The van der Waals surface area contributed by atoms with Crippen LogP contribution >= 0.6 is 0 Å². The van der Waals surface area contributed by atoms with E-state index < -0.39 is 23.4 Å². The summed E-state index contributed by atoms with van der Waals surface area (Å²) in [6, 6.07) is 0. The molecule has 0 aliphatic rings. The Morgan fingerprint density at radius 3 is 2.32 bits per heavy atom. The smallest absolute Gasteiger partial charge is 0.330 e. The number of hydrogen-bond acceptors (Lipinski definition) is 5. The van der Waals surface area contributed by atoms with Gasteiger partial charge in [0.05, 0.1) is 13.2 Å². The van der Waals surface area contributed by atoms with Crippen LogP contribution in [0.2, 0.25) is 0 Å². The van der Waals surface area contributed by atoms with E-state index in [1.165, 1.54) is 19.3 Å². The van der Waals surface area contributed by atoms with Crippen molar-refractivity contribution in [1.29, 1.82) is 0 Å². The van der Waals surface area contributed by atoms with Crippen molar-refractivity contribution >= 4 is 11.8 Å². The van der Waals surface area contributed by atoms with Crippen molar-refractivity contribution in [2.45, 2.75) is 66.4 Å². The maximum Gasteiger partial charge on any atom is 0.330 e. The molecule has 0 aromatic heterocycles. The molecule has 0 spiro atoms. The van der Waals surface area contributed by atoms with Crippen LogP contribution in [0.4, 0.5) is 0 Å². The molecule has 5 heteroatoms. The number of hydrogen-bond donors (Lipinski definition) is 1. The fourth-order valence-corrected chi connectivity index (χ4v) is 2.69. The molecular weight excluding hydrogens is 320 g/mol. The SMILES string of the molecule is CCCCOCCC[C@H](C)[C@H](O)[C@@H](C)C(=O)C(C)(C)/C=C/C(=O)OC. The molecule has 1 N–H and O–H groups in total. The van der Waals surface area contributed by atoms with Gasteiger partial charge in [-0.1, -0.05) is 33.3 Å². The second-order valence-corrected chi connectivity index (χ2v) is 7.31. The Morgan fingerprint density at radius 1 is 1.16 bits per heavy atom. The Bertz CT molecular complexity index is 428. The van der Waals surface area contributed by atoms with E-state index in [1.807, 2.05) is 6.92 Å². The topological polar surface area (TPSA) is 72.8 Å². The van der Waals surface area contributed by atoms with E-state index in [0.29, 0.717) is 6.61 Å². The first-order chi connectivity index (χ1) is 11.7. The van der Waals surface area contributed by atoms with Crippen LogP contribution < -0.4 is 0 Å². The van der Waals surface area contributed by atoms with Crippen molar-refractivity contribution in [3.8, 4) is 0 Å². The van der Waals surface area contributed by atoms with Gasteiger partial charge in [0.15, 0.2) is 0 Å². The fourth-order valence-electron chi connectivity index (χ4n) is 2.69. The zero-order valence-electron chi connectivity index (χ0n) is 16.7. The molecule has 0 bridgehead atoms. The summed E-state index contributed by atoms with van der Waals surface area (Å²) in [7, 11) is 1.29. The quantitative estimate of drug-likeness (QED) is 0.310. The van der Waals surface area contributed by atoms with Gasteiger partial charge in [0.1, 0.15) is 5.78 Å². The van der Waals surface area contributed by atoms with Gasteiger partial charge in [-0.3, -0.25) is 4.79 Å². The zero-order chi connectivity index (χ0) is 19.5. The van der Waals surface area contributed by atoms with Crippen molar-refractivity contribution in [2.75, 3.05) is 20.3 Å². The van der Waals surface area contributed by atoms with Crippen LogP contribution in [0.1, 0.15) is 60.3 Å². The minimum atomic E-state index is -0.836. The average molecular weight is 357 g/mol. The summed E-state index contributed by atoms with van der Waals surface area (Å²) in [6.07, 6.45) is 5.95. The van der Waals surface area contributed by atoms with E-state index in [9.17, 15) is 14.7 Å². The molecule has 0 amide bonds. The number of methoxy groups -OCH3 is 1. The lowest BCUT2D eigenvalue weighted by Crippen LogP contribution is -2.38. The van der Waals surface area contributed by atoms with Crippen LogP contribution in [0.5, 0.6) is 0 Å². The van der Waals surface area contributed by atoms with Crippen LogP contribution in [-0.4, -0.2) is 43.3 Å². The molecule has 0 fully saturated rings. The number of ether oxygens (including phenoxy) is 2. The van der Waals surface area contributed by atoms with Crippen molar-refractivity contribution in [3.05, 3.63) is 12.2 Å². The highest BCUT2D eigenvalue weighted by Gasteiger charge is 2.34. The molecule has 0 aromatic rings. The third-order valence-electron chi connectivity index (χ3n) is 4.57. The lowest BCUT2D eigenvalue weighted by Gasteiger charge is -2.29. The molecule has 0 unspecified atom stereocenters. The number of carbonyl (C=O) groups excluding carboxylic acids is 2. The number of esters is 1. The summed E-state index contributed by atoms with van der Waals surface area (Å²) in [6.45, 7) is 10.8. The van der Waals surface area contributed by atoms with E-state index in [-0.39, 0.29) is 11.7 Å². The maximum absolute atomic E-state index is 12.7. The van der Waals surface area contributed by atoms with Crippen LogP contribution in [-0.2, 0) is 19.1 Å². The van der Waals surface area contributed by atoms with Crippen molar-refractivity contribution in [1.82, 2.24) is 0 Å². The monoisotopic (exact) mass is 356 g/mol. The van der Waals surface area contributed by atoms with E-state index >= 15 is 0 Å². The van der Waals surface area contributed by atoms with Gasteiger partial charge < -0.3 is 14.6 Å². The van der Waals surface area contributed by atoms with Crippen LogP contribution in [0.15, 0.2) is 12.2 Å². The Balaban J connectivity index is 4.49. The molecule has 3 atom stereocenters. The first-order valence-corrected chi connectivity index (χ1v) is 9.24. The number of rotatable bonds is 13. The van der Waals surface area contributed by atoms with Crippen molar-refractivity contribution in [2.24, 2.45) is 17.3 Å².